The zero-order chi connectivity index (χ0) is 25.2. The van der Waals surface area contributed by atoms with Crippen LogP contribution in [0.2, 0.25) is 0 Å². The molecule has 6 heteroatoms. The number of benzene rings is 5. The van der Waals surface area contributed by atoms with Crippen molar-refractivity contribution >= 4 is 27.2 Å². The third-order valence-corrected chi connectivity index (χ3v) is 7.34. The van der Waals surface area contributed by atoms with Crippen molar-refractivity contribution in [1.82, 2.24) is 19.6 Å². The van der Waals surface area contributed by atoms with Gasteiger partial charge in [-0.1, -0.05) is 84.9 Å². The van der Waals surface area contributed by atoms with E-state index in [2.05, 4.69) is 41.4 Å². The van der Waals surface area contributed by atoms with Crippen LogP contribution in [-0.4, -0.2) is 24.7 Å². The number of hydrogen-bond donors (Lipinski definition) is 1. The summed E-state index contributed by atoms with van der Waals surface area (Å²) in [5, 5.41) is 19.8. The van der Waals surface area contributed by atoms with Crippen LogP contribution >= 0.6 is 0 Å². The van der Waals surface area contributed by atoms with Gasteiger partial charge in [-0.05, 0) is 45.3 Å². The van der Waals surface area contributed by atoms with Gasteiger partial charge in [-0.25, -0.2) is 14.5 Å². The maximum absolute atomic E-state index is 10.9. The molecule has 3 heterocycles. The molecule has 5 aromatic carbocycles. The van der Waals surface area contributed by atoms with E-state index in [1.54, 1.807) is 16.9 Å². The van der Waals surface area contributed by atoms with Gasteiger partial charge in [0.2, 0.25) is 5.88 Å². The molecule has 1 aliphatic rings. The number of hydrogen-bond acceptors (Lipinski definition) is 5. The molecule has 1 N–H and O–H groups in total. The number of phenols is 1. The lowest BCUT2D eigenvalue weighted by molar-refractivity contribution is 0.433. The minimum Gasteiger partial charge on any atom is -0.507 e. The lowest BCUT2D eigenvalue weighted by atomic mass is 9.81. The zero-order valence-electron chi connectivity index (χ0n) is 20.1. The van der Waals surface area contributed by atoms with Crippen LogP contribution in [0.15, 0.2) is 109 Å². The highest BCUT2D eigenvalue weighted by Crippen LogP contribution is 2.50. The van der Waals surface area contributed by atoms with Crippen molar-refractivity contribution in [2.24, 2.45) is 0 Å². The largest absolute Gasteiger partial charge is 0.507 e. The standard InChI is InChI=1S/C32H20N4O2/c37-25-17-22-12-5-4-11-21(22)16-24(25)30-34-31-29-27(20-9-2-1-3-10-20)28-23-13-7-6-8-19(23)14-15-26(28)38-32(29)33-18-36(31)35-30/h1-18,27,37H/t27-/m1/s1. The average molecular weight is 493 g/mol. The number of aromatic hydroxyl groups is 1. The van der Waals surface area contributed by atoms with E-state index in [9.17, 15) is 5.11 Å². The van der Waals surface area contributed by atoms with E-state index in [1.807, 2.05) is 60.7 Å². The van der Waals surface area contributed by atoms with Crippen molar-refractivity contribution in [1.29, 1.82) is 0 Å². The Balaban J connectivity index is 1.41. The number of ether oxygens (including phenoxy) is 1. The summed E-state index contributed by atoms with van der Waals surface area (Å²) in [6.45, 7) is 0. The number of nitrogens with zero attached hydrogens (tertiary/aromatic N) is 4. The van der Waals surface area contributed by atoms with Crippen LogP contribution in [0.5, 0.6) is 17.4 Å². The van der Waals surface area contributed by atoms with Crippen LogP contribution in [-0.2, 0) is 0 Å². The van der Waals surface area contributed by atoms with E-state index in [4.69, 9.17) is 14.8 Å². The van der Waals surface area contributed by atoms with Crippen molar-refractivity contribution in [2.75, 3.05) is 0 Å². The summed E-state index contributed by atoms with van der Waals surface area (Å²) in [4.78, 5) is 9.62. The molecule has 0 fully saturated rings. The Bertz CT molecular complexity index is 2030. The fourth-order valence-corrected chi connectivity index (χ4v) is 5.60. The third-order valence-electron chi connectivity index (χ3n) is 7.34. The molecule has 38 heavy (non-hydrogen) atoms. The molecule has 7 aromatic rings. The highest BCUT2D eigenvalue weighted by Gasteiger charge is 2.34. The van der Waals surface area contributed by atoms with Gasteiger partial charge in [-0.15, -0.1) is 5.10 Å². The number of fused-ring (bicyclic) bond motifs is 7. The summed E-state index contributed by atoms with van der Waals surface area (Å²) in [5.41, 5.74) is 4.25. The maximum Gasteiger partial charge on any atom is 0.228 e. The first-order chi connectivity index (χ1) is 18.7. The molecule has 0 radical (unpaired) electrons. The molecule has 1 atom stereocenters. The summed E-state index contributed by atoms with van der Waals surface area (Å²) < 4.78 is 8.08. The Kier molecular flexibility index (Phi) is 4.34. The van der Waals surface area contributed by atoms with Gasteiger partial charge in [0.05, 0.1) is 11.1 Å². The number of aromatic nitrogens is 4. The lowest BCUT2D eigenvalue weighted by Crippen LogP contribution is -2.15. The Morgan fingerprint density at radius 2 is 1.47 bits per heavy atom. The molecular formula is C32H20N4O2. The van der Waals surface area contributed by atoms with Crippen molar-refractivity contribution in [3.63, 3.8) is 0 Å². The number of rotatable bonds is 2. The Morgan fingerprint density at radius 1 is 0.737 bits per heavy atom. The zero-order valence-corrected chi connectivity index (χ0v) is 20.1. The van der Waals surface area contributed by atoms with Crippen molar-refractivity contribution in [3.8, 4) is 28.8 Å². The fourth-order valence-electron chi connectivity index (χ4n) is 5.60. The molecule has 180 valence electrons. The number of phenolic OH excluding ortho intramolecular Hbond substituents is 1. The predicted molar refractivity (Wildman–Crippen MR) is 147 cm³/mol. The van der Waals surface area contributed by atoms with Crippen molar-refractivity contribution in [2.45, 2.75) is 5.92 Å². The first kappa shape index (κ1) is 20.9. The van der Waals surface area contributed by atoms with Crippen LogP contribution in [0.4, 0.5) is 0 Å². The van der Waals surface area contributed by atoms with Crippen molar-refractivity contribution in [3.05, 3.63) is 126 Å². The van der Waals surface area contributed by atoms with Crippen molar-refractivity contribution < 1.29 is 9.84 Å². The molecule has 1 aliphatic heterocycles. The molecular weight excluding hydrogens is 472 g/mol. The minimum absolute atomic E-state index is 0.133. The second-order valence-corrected chi connectivity index (χ2v) is 9.53. The van der Waals surface area contributed by atoms with E-state index in [1.165, 1.54) is 0 Å². The first-order valence-corrected chi connectivity index (χ1v) is 12.5. The quantitative estimate of drug-likeness (QED) is 0.279. The molecule has 0 spiro atoms. The van der Waals surface area contributed by atoms with Gasteiger partial charge in [-0.2, -0.15) is 0 Å². The summed E-state index contributed by atoms with van der Waals surface area (Å²) in [6.07, 6.45) is 1.62. The molecule has 0 saturated heterocycles. The minimum atomic E-state index is -0.167. The van der Waals surface area contributed by atoms with Crippen LogP contribution in [0.25, 0.3) is 38.6 Å². The lowest BCUT2D eigenvalue weighted by Gasteiger charge is -2.29. The van der Waals surface area contributed by atoms with E-state index in [-0.39, 0.29) is 11.7 Å². The molecule has 2 aromatic heterocycles. The molecule has 0 aliphatic carbocycles. The van der Waals surface area contributed by atoms with E-state index >= 15 is 0 Å². The van der Waals surface area contributed by atoms with Gasteiger partial charge in [0.15, 0.2) is 11.5 Å². The summed E-state index contributed by atoms with van der Waals surface area (Å²) in [5.74, 6) is 1.69. The summed E-state index contributed by atoms with van der Waals surface area (Å²) in [7, 11) is 0. The molecule has 6 nitrogen and oxygen atoms in total. The SMILES string of the molecule is Oc1cc2ccccc2cc1-c1nc2c3c(ncn2n1)Oc1ccc2ccccc2c1[C@H]3c1ccccc1. The topological polar surface area (TPSA) is 72.5 Å². The van der Waals surface area contributed by atoms with E-state index < -0.39 is 0 Å². The average Bonchev–Trinajstić information content (AvgIpc) is 3.40. The highest BCUT2D eigenvalue weighted by molar-refractivity contribution is 5.92. The molecule has 0 unspecified atom stereocenters. The molecule has 0 amide bonds. The van der Waals surface area contributed by atoms with Gasteiger partial charge in [0.1, 0.15) is 17.8 Å². The maximum atomic E-state index is 10.9. The Labute approximate surface area is 217 Å². The molecule has 0 saturated carbocycles. The van der Waals surface area contributed by atoms with Gasteiger partial charge < -0.3 is 9.84 Å². The normalized spacial score (nSPS) is 14.4. The summed E-state index contributed by atoms with van der Waals surface area (Å²) >= 11 is 0. The summed E-state index contributed by atoms with van der Waals surface area (Å²) in [6, 6.07) is 34.4. The van der Waals surface area contributed by atoms with Gasteiger partial charge >= 0.3 is 0 Å². The molecule has 0 bridgehead atoms. The highest BCUT2D eigenvalue weighted by atomic mass is 16.5. The van der Waals surface area contributed by atoms with Gasteiger partial charge in [0, 0.05) is 11.5 Å². The Hall–Kier alpha value is -5.23. The fraction of sp³-hybridized carbons (Fsp3) is 0.0312. The Morgan fingerprint density at radius 3 is 2.32 bits per heavy atom. The van der Waals surface area contributed by atoms with Gasteiger partial charge in [0.25, 0.3) is 0 Å². The van der Waals surface area contributed by atoms with Gasteiger partial charge in [-0.3, -0.25) is 0 Å². The van der Waals surface area contributed by atoms with E-state index in [0.717, 1.165) is 44.0 Å². The second-order valence-electron chi connectivity index (χ2n) is 9.53. The van der Waals surface area contributed by atoms with Crippen LogP contribution in [0.3, 0.4) is 0 Å². The second kappa shape index (κ2) is 7.88. The monoisotopic (exact) mass is 492 g/mol. The first-order valence-electron chi connectivity index (χ1n) is 12.5. The van der Waals surface area contributed by atoms with Crippen LogP contribution < -0.4 is 4.74 Å². The molecule has 8 rings (SSSR count). The third kappa shape index (κ3) is 3.04. The smallest absolute Gasteiger partial charge is 0.228 e. The van der Waals surface area contributed by atoms with Crippen LogP contribution in [0.1, 0.15) is 22.6 Å². The van der Waals surface area contributed by atoms with Crippen LogP contribution in [0, 0.1) is 0 Å². The van der Waals surface area contributed by atoms with E-state index in [0.29, 0.717) is 22.9 Å². The predicted octanol–water partition coefficient (Wildman–Crippen LogP) is 7.09.